The molecule has 0 saturated carbocycles. The zero-order valence-corrected chi connectivity index (χ0v) is 7.90. The summed E-state index contributed by atoms with van der Waals surface area (Å²) in [5.41, 5.74) is -0.892. The van der Waals surface area contributed by atoms with Crippen LogP contribution in [0.4, 0.5) is 10.1 Å². The number of nitro groups is 1. The van der Waals surface area contributed by atoms with Crippen LogP contribution in [0.2, 0.25) is 0 Å². The quantitative estimate of drug-likeness (QED) is 0.599. The summed E-state index contributed by atoms with van der Waals surface area (Å²) in [4.78, 5) is 9.26. The molecule has 0 heterocycles. The molecule has 1 aromatic rings. The van der Waals surface area contributed by atoms with E-state index in [0.29, 0.717) is 12.1 Å². The molecular weight excluding hydrogens is 231 g/mol. The largest absolute Gasteiger partial charge is 0.380 e. The predicted octanol–water partition coefficient (Wildman–Crippen LogP) is 0.316. The van der Waals surface area contributed by atoms with E-state index in [4.69, 9.17) is 0 Å². The van der Waals surface area contributed by atoms with Gasteiger partial charge < -0.3 is 4.18 Å². The summed E-state index contributed by atoms with van der Waals surface area (Å²) in [5.74, 6) is -1.52. The first-order valence-electron chi connectivity index (χ1n) is 3.46. The van der Waals surface area contributed by atoms with E-state index in [9.17, 15) is 22.9 Å². The molecule has 0 saturated heterocycles. The molecule has 0 aliphatic rings. The van der Waals surface area contributed by atoms with E-state index in [-0.39, 0.29) is 0 Å². The van der Waals surface area contributed by atoms with Crippen molar-refractivity contribution in [2.75, 3.05) is 0 Å². The molecule has 7 nitrogen and oxygen atoms in total. The van der Waals surface area contributed by atoms with Crippen molar-refractivity contribution in [2.24, 2.45) is 5.14 Å². The Hall–Kier alpha value is -1.74. The minimum atomic E-state index is -4.28. The molecule has 0 bridgehead atoms. The SMILES string of the molecule is NS(=O)(=O)Oc1ccc(F)c([N+](=O)[O-])c1. The van der Waals surface area contributed by atoms with Gasteiger partial charge in [-0.05, 0) is 12.1 Å². The second-order valence-electron chi connectivity index (χ2n) is 2.45. The van der Waals surface area contributed by atoms with Gasteiger partial charge >= 0.3 is 16.0 Å². The first kappa shape index (κ1) is 11.3. The van der Waals surface area contributed by atoms with E-state index in [0.717, 1.165) is 6.07 Å². The standard InChI is InChI=1S/C6H5FN2O5S/c7-5-2-1-4(14-15(8,12)13)3-6(5)9(10)11/h1-3H,(H2,8,12,13). The van der Waals surface area contributed by atoms with Crippen LogP contribution in [-0.4, -0.2) is 13.3 Å². The van der Waals surface area contributed by atoms with Crippen molar-refractivity contribution in [1.82, 2.24) is 0 Å². The highest BCUT2D eigenvalue weighted by atomic mass is 32.2. The average Bonchev–Trinajstić information content (AvgIpc) is 2.05. The third-order valence-corrected chi connectivity index (χ3v) is 1.75. The maximum atomic E-state index is 12.8. The van der Waals surface area contributed by atoms with Crippen LogP contribution in [0, 0.1) is 15.9 Å². The summed E-state index contributed by atoms with van der Waals surface area (Å²) in [7, 11) is -4.28. The summed E-state index contributed by atoms with van der Waals surface area (Å²) in [5, 5.41) is 14.8. The van der Waals surface area contributed by atoms with Crippen molar-refractivity contribution in [1.29, 1.82) is 0 Å². The molecule has 0 unspecified atom stereocenters. The summed E-state index contributed by atoms with van der Waals surface area (Å²) < 4.78 is 37.8. The topological polar surface area (TPSA) is 113 Å². The molecule has 0 aliphatic carbocycles. The normalized spacial score (nSPS) is 11.1. The number of hydrogen-bond acceptors (Lipinski definition) is 5. The van der Waals surface area contributed by atoms with Crippen LogP contribution in [0.1, 0.15) is 0 Å². The number of halogens is 1. The Morgan fingerprint density at radius 3 is 2.53 bits per heavy atom. The van der Waals surface area contributed by atoms with Crippen molar-refractivity contribution >= 4 is 16.0 Å². The van der Waals surface area contributed by atoms with Crippen LogP contribution in [-0.2, 0) is 10.3 Å². The van der Waals surface area contributed by atoms with Crippen LogP contribution in [0.25, 0.3) is 0 Å². The average molecular weight is 236 g/mol. The molecule has 9 heteroatoms. The molecule has 0 fully saturated rings. The minimum absolute atomic E-state index is 0.425. The van der Waals surface area contributed by atoms with Crippen LogP contribution in [0.3, 0.4) is 0 Å². The lowest BCUT2D eigenvalue weighted by Gasteiger charge is -2.01. The number of hydrogen-bond donors (Lipinski definition) is 1. The Morgan fingerprint density at radius 2 is 2.07 bits per heavy atom. The summed E-state index contributed by atoms with van der Waals surface area (Å²) in [6.07, 6.45) is 0. The second-order valence-corrected chi connectivity index (χ2v) is 3.60. The fourth-order valence-electron chi connectivity index (χ4n) is 0.818. The Bertz CT molecular complexity index is 500. The van der Waals surface area contributed by atoms with Crippen LogP contribution < -0.4 is 9.32 Å². The van der Waals surface area contributed by atoms with Crippen molar-refractivity contribution in [3.8, 4) is 5.75 Å². The third kappa shape index (κ3) is 3.14. The van der Waals surface area contributed by atoms with E-state index in [1.54, 1.807) is 0 Å². The molecular formula is C6H5FN2O5S. The lowest BCUT2D eigenvalue weighted by Crippen LogP contribution is -2.19. The van der Waals surface area contributed by atoms with Gasteiger partial charge in [0, 0.05) is 0 Å². The van der Waals surface area contributed by atoms with Crippen molar-refractivity contribution < 1.29 is 21.9 Å². The molecule has 1 aromatic carbocycles. The van der Waals surface area contributed by atoms with Gasteiger partial charge in [0.05, 0.1) is 11.0 Å². The van der Waals surface area contributed by atoms with Gasteiger partial charge in [0.2, 0.25) is 5.82 Å². The lowest BCUT2D eigenvalue weighted by atomic mass is 10.3. The Labute approximate surface area is 83.7 Å². The van der Waals surface area contributed by atoms with Crippen molar-refractivity contribution in [2.45, 2.75) is 0 Å². The maximum Gasteiger partial charge on any atom is 0.380 e. The van der Waals surface area contributed by atoms with Gasteiger partial charge in [-0.25, -0.2) is 0 Å². The number of benzene rings is 1. The molecule has 0 aromatic heterocycles. The predicted molar refractivity (Wildman–Crippen MR) is 46.8 cm³/mol. The monoisotopic (exact) mass is 236 g/mol. The highest BCUT2D eigenvalue weighted by Gasteiger charge is 2.16. The van der Waals surface area contributed by atoms with Crippen LogP contribution >= 0.6 is 0 Å². The Morgan fingerprint density at radius 1 is 1.47 bits per heavy atom. The molecule has 15 heavy (non-hydrogen) atoms. The number of nitrogens with zero attached hydrogens (tertiary/aromatic N) is 1. The van der Waals surface area contributed by atoms with E-state index in [1.165, 1.54) is 0 Å². The minimum Gasteiger partial charge on any atom is -0.371 e. The summed E-state index contributed by atoms with van der Waals surface area (Å²) in [6.45, 7) is 0. The molecule has 0 atom stereocenters. The molecule has 1 rings (SSSR count). The van der Waals surface area contributed by atoms with E-state index >= 15 is 0 Å². The molecule has 0 spiro atoms. The van der Waals surface area contributed by atoms with Crippen LogP contribution in [0.5, 0.6) is 5.75 Å². The fourth-order valence-corrected chi connectivity index (χ4v) is 1.19. The van der Waals surface area contributed by atoms with Crippen LogP contribution in [0.15, 0.2) is 18.2 Å². The Kier molecular flexibility index (Phi) is 2.86. The lowest BCUT2D eigenvalue weighted by molar-refractivity contribution is -0.387. The molecule has 2 N–H and O–H groups in total. The van der Waals surface area contributed by atoms with Crippen molar-refractivity contribution in [3.05, 3.63) is 34.1 Å². The number of nitrogens with two attached hydrogens (primary N) is 1. The Balaban J connectivity index is 3.14. The van der Waals surface area contributed by atoms with Gasteiger partial charge in [-0.3, -0.25) is 10.1 Å². The van der Waals surface area contributed by atoms with Gasteiger partial charge in [0.15, 0.2) is 5.75 Å². The highest BCUT2D eigenvalue weighted by molar-refractivity contribution is 7.84. The fraction of sp³-hybridized carbons (Fsp3) is 0. The van der Waals surface area contributed by atoms with E-state index < -0.39 is 32.5 Å². The van der Waals surface area contributed by atoms with E-state index in [1.807, 2.05) is 0 Å². The number of nitro benzene ring substituents is 1. The van der Waals surface area contributed by atoms with Gasteiger partial charge in [-0.2, -0.15) is 17.9 Å². The smallest absolute Gasteiger partial charge is 0.371 e. The first-order valence-corrected chi connectivity index (χ1v) is 4.93. The first-order chi connectivity index (χ1) is 6.79. The highest BCUT2D eigenvalue weighted by Crippen LogP contribution is 2.23. The van der Waals surface area contributed by atoms with Gasteiger partial charge in [-0.15, -0.1) is 0 Å². The van der Waals surface area contributed by atoms with E-state index in [2.05, 4.69) is 9.32 Å². The summed E-state index contributed by atoms with van der Waals surface area (Å²) >= 11 is 0. The van der Waals surface area contributed by atoms with Crippen molar-refractivity contribution in [3.63, 3.8) is 0 Å². The summed E-state index contributed by atoms with van der Waals surface area (Å²) in [6, 6.07) is 2.24. The van der Waals surface area contributed by atoms with Gasteiger partial charge in [-0.1, -0.05) is 0 Å². The van der Waals surface area contributed by atoms with Gasteiger partial charge in [0.25, 0.3) is 0 Å². The molecule has 0 aliphatic heterocycles. The molecule has 0 amide bonds. The maximum absolute atomic E-state index is 12.8. The third-order valence-electron chi connectivity index (χ3n) is 1.33. The number of rotatable bonds is 3. The second kappa shape index (κ2) is 3.79. The molecule has 82 valence electrons. The zero-order chi connectivity index (χ0) is 11.6. The van der Waals surface area contributed by atoms with Gasteiger partial charge in [0.1, 0.15) is 0 Å². The molecule has 0 radical (unpaired) electrons. The zero-order valence-electron chi connectivity index (χ0n) is 7.08.